The van der Waals surface area contributed by atoms with Crippen molar-refractivity contribution in [1.29, 1.82) is 0 Å². The van der Waals surface area contributed by atoms with Crippen LogP contribution in [0.1, 0.15) is 13.8 Å². The molecule has 17 heavy (non-hydrogen) atoms. The first-order valence-electron chi connectivity index (χ1n) is 4.41. The molecule has 0 heterocycles. The van der Waals surface area contributed by atoms with Gasteiger partial charge in [-0.05, 0) is 13.8 Å². The van der Waals surface area contributed by atoms with Crippen LogP contribution in [-0.4, -0.2) is 32.8 Å². The quantitative estimate of drug-likeness (QED) is 0.301. The van der Waals surface area contributed by atoms with Crippen molar-refractivity contribution in [2.24, 2.45) is 32.9 Å². The maximum atomic E-state index is 11.3. The molecule has 0 aromatic carbocycles. The highest BCUT2D eigenvalue weighted by molar-refractivity contribution is 7.81. The Hall–Kier alpha value is -1.59. The Morgan fingerprint density at radius 3 is 1.47 bits per heavy atom. The number of rotatable bonds is 6. The molecule has 0 rings (SSSR count). The van der Waals surface area contributed by atoms with Gasteiger partial charge in [-0.2, -0.15) is 8.42 Å². The van der Waals surface area contributed by atoms with Gasteiger partial charge in [-0.1, -0.05) is 0 Å². The largest absolute Gasteiger partial charge is 0.404 e. The predicted molar refractivity (Wildman–Crippen MR) is 61.6 cm³/mol. The van der Waals surface area contributed by atoms with E-state index in [0.717, 1.165) is 0 Å². The zero-order chi connectivity index (χ0) is 13.6. The van der Waals surface area contributed by atoms with E-state index in [9.17, 15) is 8.42 Å². The number of aliphatic imine (C=N–C) groups is 2. The summed E-state index contributed by atoms with van der Waals surface area (Å²) in [6.07, 6.45) is -2.23. The number of guanidine groups is 2. The second kappa shape index (κ2) is 6.22. The topological polar surface area (TPSA) is 181 Å². The van der Waals surface area contributed by atoms with Crippen LogP contribution in [0.3, 0.4) is 0 Å². The van der Waals surface area contributed by atoms with Crippen molar-refractivity contribution in [2.75, 3.05) is 0 Å². The molecule has 0 saturated carbocycles. The van der Waals surface area contributed by atoms with Gasteiger partial charge in [-0.3, -0.25) is 0 Å². The van der Waals surface area contributed by atoms with E-state index >= 15 is 0 Å². The van der Waals surface area contributed by atoms with Crippen LogP contribution < -0.4 is 22.9 Å². The van der Waals surface area contributed by atoms with Crippen molar-refractivity contribution >= 4 is 22.3 Å². The minimum absolute atomic E-state index is 0.315. The third-order valence-corrected chi connectivity index (χ3v) is 2.20. The van der Waals surface area contributed by atoms with E-state index in [2.05, 4.69) is 18.4 Å². The average Bonchev–Trinajstić information content (AvgIpc) is 1.95. The molecule has 0 saturated heterocycles. The number of nitrogens with zero attached hydrogens (tertiary/aromatic N) is 2. The lowest BCUT2D eigenvalue weighted by molar-refractivity contribution is 0.145. The zero-order valence-corrected chi connectivity index (χ0v) is 10.2. The van der Waals surface area contributed by atoms with Gasteiger partial charge in [-0.15, -0.1) is 0 Å². The van der Waals surface area contributed by atoms with E-state index in [-0.39, 0.29) is 11.9 Å². The van der Waals surface area contributed by atoms with Crippen LogP contribution in [0.25, 0.3) is 0 Å². The molecule has 10 nitrogen and oxygen atoms in total. The van der Waals surface area contributed by atoms with Crippen molar-refractivity contribution in [3.05, 3.63) is 0 Å². The highest BCUT2D eigenvalue weighted by atomic mass is 32.3. The molecule has 0 aromatic rings. The van der Waals surface area contributed by atoms with E-state index in [1.807, 2.05) is 0 Å². The fraction of sp³-hybridized carbons (Fsp3) is 0.667. The fourth-order valence-electron chi connectivity index (χ4n) is 0.827. The zero-order valence-electron chi connectivity index (χ0n) is 9.40. The standard InChI is InChI=1S/C6H16N6O4S/c1-3(11-5(7)8)15-17(13,14)16-4(2)12-6(9)10/h3-4H,1-2H3,(H4,7,8,11)(H4,9,10,12). The fourth-order valence-corrected chi connectivity index (χ4v) is 1.64. The smallest absolute Gasteiger partial charge is 0.370 e. The van der Waals surface area contributed by atoms with E-state index in [0.29, 0.717) is 0 Å². The summed E-state index contributed by atoms with van der Waals surface area (Å²) in [5, 5.41) is 0. The molecule has 0 aromatic heterocycles. The summed E-state index contributed by atoms with van der Waals surface area (Å²) in [5.41, 5.74) is 20.1. The molecule has 0 aliphatic heterocycles. The molecule has 11 heteroatoms. The maximum absolute atomic E-state index is 11.3. The van der Waals surface area contributed by atoms with Crippen molar-refractivity contribution in [3.63, 3.8) is 0 Å². The third kappa shape index (κ3) is 8.24. The summed E-state index contributed by atoms with van der Waals surface area (Å²) in [7, 11) is -4.31. The first-order chi connectivity index (χ1) is 7.62. The highest BCUT2D eigenvalue weighted by Gasteiger charge is 2.20. The summed E-state index contributed by atoms with van der Waals surface area (Å²) in [5.74, 6) is -0.630. The average molecular weight is 268 g/mol. The summed E-state index contributed by atoms with van der Waals surface area (Å²) < 4.78 is 31.4. The Morgan fingerprint density at radius 1 is 0.941 bits per heavy atom. The van der Waals surface area contributed by atoms with Crippen LogP contribution in [0.5, 0.6) is 0 Å². The molecule has 0 bridgehead atoms. The molecule has 0 aliphatic rings. The van der Waals surface area contributed by atoms with Crippen LogP contribution in [0.2, 0.25) is 0 Å². The van der Waals surface area contributed by atoms with Gasteiger partial charge < -0.3 is 22.9 Å². The number of hydrogen-bond donors (Lipinski definition) is 4. The number of nitrogens with two attached hydrogens (primary N) is 4. The van der Waals surface area contributed by atoms with E-state index in [1.165, 1.54) is 13.8 Å². The Morgan fingerprint density at radius 2 is 1.24 bits per heavy atom. The Balaban J connectivity index is 4.51. The van der Waals surface area contributed by atoms with E-state index < -0.39 is 22.9 Å². The third-order valence-electron chi connectivity index (χ3n) is 1.18. The van der Waals surface area contributed by atoms with Gasteiger partial charge in [0.05, 0.1) is 0 Å². The molecule has 0 spiro atoms. The lowest BCUT2D eigenvalue weighted by Gasteiger charge is -2.11. The highest BCUT2D eigenvalue weighted by Crippen LogP contribution is 2.06. The first kappa shape index (κ1) is 15.4. The van der Waals surface area contributed by atoms with Crippen LogP contribution in [0.15, 0.2) is 9.98 Å². The summed E-state index contributed by atoms with van der Waals surface area (Å²) in [4.78, 5) is 6.87. The molecule has 0 radical (unpaired) electrons. The van der Waals surface area contributed by atoms with Crippen molar-refractivity contribution in [2.45, 2.75) is 26.3 Å². The molecule has 0 amide bonds. The van der Waals surface area contributed by atoms with Gasteiger partial charge in [0.25, 0.3) is 0 Å². The predicted octanol–water partition coefficient (Wildman–Crippen LogP) is -2.50. The van der Waals surface area contributed by atoms with Crippen molar-refractivity contribution in [1.82, 2.24) is 0 Å². The van der Waals surface area contributed by atoms with Gasteiger partial charge in [0.1, 0.15) is 0 Å². The summed E-state index contributed by atoms with van der Waals surface area (Å²) in [6, 6.07) is 0. The molecule has 8 N–H and O–H groups in total. The second-order valence-corrected chi connectivity index (χ2v) is 4.11. The van der Waals surface area contributed by atoms with Crippen LogP contribution in [0, 0.1) is 0 Å². The molecular formula is C6H16N6O4S. The normalized spacial score (nSPS) is 14.7. The van der Waals surface area contributed by atoms with Crippen molar-refractivity contribution in [3.8, 4) is 0 Å². The van der Waals surface area contributed by atoms with E-state index in [4.69, 9.17) is 22.9 Å². The molecule has 2 unspecified atom stereocenters. The van der Waals surface area contributed by atoms with Crippen LogP contribution >= 0.6 is 0 Å². The molecule has 0 fully saturated rings. The lowest BCUT2D eigenvalue weighted by atomic mass is 10.7. The van der Waals surface area contributed by atoms with Gasteiger partial charge in [-0.25, -0.2) is 18.4 Å². The second-order valence-electron chi connectivity index (χ2n) is 2.91. The van der Waals surface area contributed by atoms with Crippen LogP contribution in [0.4, 0.5) is 0 Å². The van der Waals surface area contributed by atoms with Crippen molar-refractivity contribution < 1.29 is 16.8 Å². The SMILES string of the molecule is CC(N=C(N)N)OS(=O)(=O)OC(C)N=C(N)N. The van der Waals surface area contributed by atoms with Crippen LogP contribution in [-0.2, 0) is 18.8 Å². The minimum atomic E-state index is -4.31. The summed E-state index contributed by atoms with van der Waals surface area (Å²) in [6.45, 7) is 2.62. The molecule has 2 atom stereocenters. The van der Waals surface area contributed by atoms with Gasteiger partial charge in [0.15, 0.2) is 24.4 Å². The number of hydrogen-bond acceptors (Lipinski definition) is 6. The molecule has 100 valence electrons. The first-order valence-corrected chi connectivity index (χ1v) is 5.74. The minimum Gasteiger partial charge on any atom is -0.370 e. The maximum Gasteiger partial charge on any atom is 0.404 e. The Kier molecular flexibility index (Phi) is 5.64. The summed E-state index contributed by atoms with van der Waals surface area (Å²) >= 11 is 0. The Labute approximate surface area is 99.0 Å². The molecular weight excluding hydrogens is 252 g/mol. The Bertz CT molecular complexity index is 365. The van der Waals surface area contributed by atoms with E-state index in [1.54, 1.807) is 0 Å². The monoisotopic (exact) mass is 268 g/mol. The van der Waals surface area contributed by atoms with Gasteiger partial charge in [0.2, 0.25) is 0 Å². The van der Waals surface area contributed by atoms with Gasteiger partial charge in [0, 0.05) is 0 Å². The lowest BCUT2D eigenvalue weighted by Crippen LogP contribution is -2.29. The van der Waals surface area contributed by atoms with Gasteiger partial charge >= 0.3 is 10.4 Å². The molecule has 0 aliphatic carbocycles.